The Balaban J connectivity index is 2.33. The van der Waals surface area contributed by atoms with Crippen molar-refractivity contribution < 1.29 is 9.53 Å². The van der Waals surface area contributed by atoms with Crippen LogP contribution in [0.25, 0.3) is 0 Å². The first kappa shape index (κ1) is 11.0. The van der Waals surface area contributed by atoms with Crippen molar-refractivity contribution in [2.45, 2.75) is 12.8 Å². The lowest BCUT2D eigenvalue weighted by atomic mass is 10.00. The number of benzene rings is 1. The summed E-state index contributed by atoms with van der Waals surface area (Å²) in [5.41, 5.74) is 8.70. The molecule has 0 spiro atoms. The molecule has 0 unspecified atom stereocenters. The Morgan fingerprint density at radius 3 is 3.12 bits per heavy atom. The highest BCUT2D eigenvalue weighted by atomic mass is 16.5. The second kappa shape index (κ2) is 4.53. The highest BCUT2D eigenvalue weighted by molar-refractivity contribution is 5.96. The van der Waals surface area contributed by atoms with E-state index in [1.807, 2.05) is 18.2 Å². The molecule has 0 saturated carbocycles. The number of carbonyl (C=O) groups excluding carboxylic acids is 1. The van der Waals surface area contributed by atoms with Gasteiger partial charge in [0, 0.05) is 25.0 Å². The summed E-state index contributed by atoms with van der Waals surface area (Å²) in [6, 6.07) is 5.70. The molecular weight excluding hydrogens is 204 g/mol. The van der Waals surface area contributed by atoms with Crippen molar-refractivity contribution >= 4 is 17.3 Å². The summed E-state index contributed by atoms with van der Waals surface area (Å²) in [4.78, 5) is 13.6. The minimum Gasteiger partial charge on any atom is -0.398 e. The quantitative estimate of drug-likeness (QED) is 0.762. The van der Waals surface area contributed by atoms with Crippen molar-refractivity contribution in [2.24, 2.45) is 0 Å². The van der Waals surface area contributed by atoms with E-state index in [2.05, 4.69) is 0 Å². The van der Waals surface area contributed by atoms with Crippen LogP contribution < -0.4 is 10.6 Å². The second-order valence-corrected chi connectivity index (χ2v) is 3.93. The van der Waals surface area contributed by atoms with Crippen molar-refractivity contribution in [3.05, 3.63) is 23.8 Å². The molecule has 0 bridgehead atoms. The SMILES string of the molecule is COCC(=O)N1CCCc2c(N)cccc21. The third-order valence-electron chi connectivity index (χ3n) is 2.86. The van der Waals surface area contributed by atoms with Gasteiger partial charge in [0.25, 0.3) is 5.91 Å². The van der Waals surface area contributed by atoms with Crippen molar-refractivity contribution in [3.63, 3.8) is 0 Å². The van der Waals surface area contributed by atoms with Crippen LogP contribution in [-0.4, -0.2) is 26.2 Å². The molecule has 0 fully saturated rings. The molecule has 86 valence electrons. The van der Waals surface area contributed by atoms with Crippen LogP contribution in [0, 0.1) is 0 Å². The van der Waals surface area contributed by atoms with Gasteiger partial charge in [0.15, 0.2) is 0 Å². The summed E-state index contributed by atoms with van der Waals surface area (Å²) in [6.07, 6.45) is 1.90. The van der Waals surface area contributed by atoms with E-state index < -0.39 is 0 Å². The van der Waals surface area contributed by atoms with Crippen LogP contribution in [0.1, 0.15) is 12.0 Å². The highest BCUT2D eigenvalue weighted by Crippen LogP contribution is 2.31. The molecule has 4 heteroatoms. The molecule has 4 nitrogen and oxygen atoms in total. The molecule has 1 aromatic rings. The van der Waals surface area contributed by atoms with E-state index in [0.29, 0.717) is 0 Å². The fourth-order valence-corrected chi connectivity index (χ4v) is 2.11. The summed E-state index contributed by atoms with van der Waals surface area (Å²) >= 11 is 0. The van der Waals surface area contributed by atoms with E-state index in [-0.39, 0.29) is 12.5 Å². The van der Waals surface area contributed by atoms with E-state index in [1.165, 1.54) is 7.11 Å². The maximum Gasteiger partial charge on any atom is 0.252 e. The number of nitrogens with zero attached hydrogens (tertiary/aromatic N) is 1. The molecule has 1 aromatic carbocycles. The molecule has 0 aromatic heterocycles. The molecule has 0 saturated heterocycles. The summed E-state index contributed by atoms with van der Waals surface area (Å²) in [7, 11) is 1.53. The lowest BCUT2D eigenvalue weighted by Gasteiger charge is -2.30. The molecule has 2 rings (SSSR count). The molecule has 0 atom stereocenters. The van der Waals surface area contributed by atoms with Crippen molar-refractivity contribution in [1.82, 2.24) is 0 Å². The standard InChI is InChI=1S/C12H16N2O2/c1-16-8-12(15)14-7-3-4-9-10(13)5-2-6-11(9)14/h2,5-6H,3-4,7-8,13H2,1H3. The number of fused-ring (bicyclic) bond motifs is 1. The number of rotatable bonds is 2. The van der Waals surface area contributed by atoms with Gasteiger partial charge in [0.05, 0.1) is 0 Å². The number of nitrogen functional groups attached to an aromatic ring is 1. The van der Waals surface area contributed by atoms with Crippen molar-refractivity contribution in [3.8, 4) is 0 Å². The van der Waals surface area contributed by atoms with Gasteiger partial charge in [-0.1, -0.05) is 6.07 Å². The molecule has 1 aliphatic rings. The zero-order valence-corrected chi connectivity index (χ0v) is 9.40. The van der Waals surface area contributed by atoms with Gasteiger partial charge in [-0.25, -0.2) is 0 Å². The Hall–Kier alpha value is -1.55. The highest BCUT2D eigenvalue weighted by Gasteiger charge is 2.23. The third-order valence-corrected chi connectivity index (χ3v) is 2.86. The van der Waals surface area contributed by atoms with Gasteiger partial charge in [-0.15, -0.1) is 0 Å². The molecular formula is C12H16N2O2. The topological polar surface area (TPSA) is 55.6 Å². The summed E-state index contributed by atoms with van der Waals surface area (Å²) in [6.45, 7) is 0.868. The fraction of sp³-hybridized carbons (Fsp3) is 0.417. The molecule has 0 radical (unpaired) electrons. The van der Waals surface area contributed by atoms with E-state index in [4.69, 9.17) is 10.5 Å². The van der Waals surface area contributed by atoms with Gasteiger partial charge < -0.3 is 15.4 Å². The summed E-state index contributed by atoms with van der Waals surface area (Å²) in [5, 5.41) is 0. The minimum atomic E-state index is -0.00551. The normalized spacial score (nSPS) is 14.7. The fourth-order valence-electron chi connectivity index (χ4n) is 2.11. The lowest BCUT2D eigenvalue weighted by molar-refractivity contribution is -0.122. The van der Waals surface area contributed by atoms with Gasteiger partial charge in [-0.3, -0.25) is 4.79 Å². The molecule has 1 aliphatic heterocycles. The molecule has 1 heterocycles. The molecule has 0 aliphatic carbocycles. The average molecular weight is 220 g/mol. The van der Waals surface area contributed by atoms with Gasteiger partial charge >= 0.3 is 0 Å². The first-order chi connectivity index (χ1) is 7.74. The number of carbonyl (C=O) groups is 1. The maximum atomic E-state index is 11.8. The zero-order chi connectivity index (χ0) is 11.5. The van der Waals surface area contributed by atoms with Crippen LogP contribution in [0.4, 0.5) is 11.4 Å². The number of methoxy groups -OCH3 is 1. The van der Waals surface area contributed by atoms with Gasteiger partial charge in [0.2, 0.25) is 0 Å². The molecule has 1 amide bonds. The van der Waals surface area contributed by atoms with E-state index in [9.17, 15) is 4.79 Å². The van der Waals surface area contributed by atoms with Gasteiger partial charge in [-0.2, -0.15) is 0 Å². The van der Waals surface area contributed by atoms with E-state index in [1.54, 1.807) is 4.90 Å². The lowest BCUT2D eigenvalue weighted by Crippen LogP contribution is -2.37. The van der Waals surface area contributed by atoms with Crippen LogP contribution in [0.15, 0.2) is 18.2 Å². The third kappa shape index (κ3) is 1.88. The van der Waals surface area contributed by atoms with Crippen LogP contribution in [0.3, 0.4) is 0 Å². The Morgan fingerprint density at radius 1 is 1.56 bits per heavy atom. The summed E-state index contributed by atoms with van der Waals surface area (Å²) in [5.74, 6) is -0.00551. The largest absolute Gasteiger partial charge is 0.398 e. The predicted octanol–water partition coefficient (Wildman–Crippen LogP) is 1.19. The Morgan fingerprint density at radius 2 is 2.38 bits per heavy atom. The van der Waals surface area contributed by atoms with Crippen LogP contribution in [-0.2, 0) is 16.0 Å². The first-order valence-electron chi connectivity index (χ1n) is 5.40. The van der Waals surface area contributed by atoms with E-state index >= 15 is 0 Å². The van der Waals surface area contributed by atoms with Gasteiger partial charge in [-0.05, 0) is 30.5 Å². The van der Waals surface area contributed by atoms with E-state index in [0.717, 1.165) is 36.3 Å². The monoisotopic (exact) mass is 220 g/mol. The van der Waals surface area contributed by atoms with Crippen LogP contribution in [0.5, 0.6) is 0 Å². The zero-order valence-electron chi connectivity index (χ0n) is 9.40. The average Bonchev–Trinajstić information content (AvgIpc) is 2.29. The second-order valence-electron chi connectivity index (χ2n) is 3.93. The van der Waals surface area contributed by atoms with Gasteiger partial charge in [0.1, 0.15) is 6.61 Å². The molecule has 16 heavy (non-hydrogen) atoms. The number of ether oxygens (including phenoxy) is 1. The van der Waals surface area contributed by atoms with Crippen LogP contribution >= 0.6 is 0 Å². The van der Waals surface area contributed by atoms with Crippen LogP contribution in [0.2, 0.25) is 0 Å². The van der Waals surface area contributed by atoms with Crippen molar-refractivity contribution in [2.75, 3.05) is 30.9 Å². The maximum absolute atomic E-state index is 11.8. The Bertz CT molecular complexity index is 404. The number of anilines is 2. The minimum absolute atomic E-state index is 0.00551. The predicted molar refractivity (Wildman–Crippen MR) is 63.4 cm³/mol. The number of hydrogen-bond donors (Lipinski definition) is 1. The smallest absolute Gasteiger partial charge is 0.252 e. The Kier molecular flexibility index (Phi) is 3.10. The summed E-state index contributed by atoms with van der Waals surface area (Å²) < 4.78 is 4.88. The number of amides is 1. The number of hydrogen-bond acceptors (Lipinski definition) is 3. The molecule has 2 N–H and O–H groups in total. The number of nitrogens with two attached hydrogens (primary N) is 1. The first-order valence-corrected chi connectivity index (χ1v) is 5.40. The van der Waals surface area contributed by atoms with Crippen molar-refractivity contribution in [1.29, 1.82) is 0 Å². The Labute approximate surface area is 95.0 Å².